The van der Waals surface area contributed by atoms with Gasteiger partial charge in [-0.25, -0.2) is 0 Å². The van der Waals surface area contributed by atoms with Gasteiger partial charge in [0.1, 0.15) is 12.4 Å². The molecule has 0 saturated carbocycles. The fourth-order valence-electron chi connectivity index (χ4n) is 2.08. The van der Waals surface area contributed by atoms with E-state index in [4.69, 9.17) is 10.5 Å². The maximum absolute atomic E-state index is 6.09. The lowest BCUT2D eigenvalue weighted by Gasteiger charge is -2.08. The van der Waals surface area contributed by atoms with Crippen molar-refractivity contribution in [1.82, 2.24) is 4.57 Å². The van der Waals surface area contributed by atoms with Gasteiger partial charge < -0.3 is 15.0 Å². The van der Waals surface area contributed by atoms with Crippen molar-refractivity contribution < 1.29 is 4.74 Å². The number of ether oxygens (including phenoxy) is 1. The Balaban J connectivity index is 1.80. The van der Waals surface area contributed by atoms with Crippen molar-refractivity contribution in [2.24, 2.45) is 5.73 Å². The highest BCUT2D eigenvalue weighted by atomic mass is 16.5. The van der Waals surface area contributed by atoms with Crippen LogP contribution in [0.3, 0.4) is 0 Å². The van der Waals surface area contributed by atoms with Gasteiger partial charge in [0.05, 0.1) is 6.54 Å². The second-order valence-electron chi connectivity index (χ2n) is 4.74. The summed E-state index contributed by atoms with van der Waals surface area (Å²) in [6.45, 7) is 3.67. The highest BCUT2D eigenvalue weighted by Crippen LogP contribution is 2.16. The molecule has 2 aromatic rings. The summed E-state index contributed by atoms with van der Waals surface area (Å²) >= 11 is 0. The molecule has 3 nitrogen and oxygen atoms in total. The van der Waals surface area contributed by atoms with E-state index in [0.717, 1.165) is 25.1 Å². The number of rotatable bonds is 7. The van der Waals surface area contributed by atoms with E-state index in [2.05, 4.69) is 30.0 Å². The Labute approximate surface area is 115 Å². The van der Waals surface area contributed by atoms with Crippen molar-refractivity contribution >= 4 is 0 Å². The molecule has 0 radical (unpaired) electrons. The molecule has 19 heavy (non-hydrogen) atoms. The van der Waals surface area contributed by atoms with Crippen LogP contribution in [0.15, 0.2) is 48.8 Å². The maximum Gasteiger partial charge on any atom is 0.119 e. The Hall–Kier alpha value is -1.74. The molecular formula is C16H22N2O. The second kappa shape index (κ2) is 7.00. The van der Waals surface area contributed by atoms with Gasteiger partial charge in [0.2, 0.25) is 0 Å². The highest BCUT2D eigenvalue weighted by molar-refractivity contribution is 5.20. The lowest BCUT2D eigenvalue weighted by molar-refractivity contribution is 0.298. The van der Waals surface area contributed by atoms with Gasteiger partial charge >= 0.3 is 0 Å². The van der Waals surface area contributed by atoms with Crippen LogP contribution in [-0.2, 0) is 6.54 Å². The predicted octanol–water partition coefficient (Wildman–Crippen LogP) is 3.37. The topological polar surface area (TPSA) is 40.2 Å². The van der Waals surface area contributed by atoms with Gasteiger partial charge in [-0.15, -0.1) is 0 Å². The summed E-state index contributed by atoms with van der Waals surface area (Å²) in [6.07, 6.45) is 6.34. The van der Waals surface area contributed by atoms with Crippen LogP contribution in [-0.4, -0.2) is 11.2 Å². The summed E-state index contributed by atoms with van der Waals surface area (Å²) in [4.78, 5) is 0. The van der Waals surface area contributed by atoms with Crippen LogP contribution in [0.4, 0.5) is 0 Å². The molecule has 2 N–H and O–H groups in total. The molecule has 102 valence electrons. The zero-order valence-corrected chi connectivity index (χ0v) is 11.5. The molecule has 1 atom stereocenters. The predicted molar refractivity (Wildman–Crippen MR) is 78.2 cm³/mol. The third kappa shape index (κ3) is 4.14. The Morgan fingerprint density at radius 1 is 1.21 bits per heavy atom. The van der Waals surface area contributed by atoms with E-state index in [-0.39, 0.29) is 6.04 Å². The molecule has 0 aliphatic heterocycles. The molecule has 0 aliphatic carbocycles. The van der Waals surface area contributed by atoms with E-state index < -0.39 is 0 Å². The Morgan fingerprint density at radius 2 is 2.00 bits per heavy atom. The minimum atomic E-state index is 0.154. The number of hydrogen-bond acceptors (Lipinski definition) is 2. The molecule has 0 aliphatic rings. The third-order valence-electron chi connectivity index (χ3n) is 3.16. The van der Waals surface area contributed by atoms with Crippen LogP contribution in [0.2, 0.25) is 0 Å². The van der Waals surface area contributed by atoms with E-state index in [1.54, 1.807) is 0 Å². The van der Waals surface area contributed by atoms with Crippen LogP contribution >= 0.6 is 0 Å². The summed E-state index contributed by atoms with van der Waals surface area (Å²) in [7, 11) is 0. The number of benzene rings is 1. The standard InChI is InChI=1S/C16H22N2O/c1-2-6-16(17)14-9-10-18(13-14)11-12-19-15-7-4-3-5-8-15/h3-5,7-10,13,16H,2,6,11-12,17H2,1H3. The van der Waals surface area contributed by atoms with Gasteiger partial charge in [-0.3, -0.25) is 0 Å². The van der Waals surface area contributed by atoms with Crippen molar-refractivity contribution in [3.63, 3.8) is 0 Å². The number of para-hydroxylation sites is 1. The Morgan fingerprint density at radius 3 is 2.74 bits per heavy atom. The largest absolute Gasteiger partial charge is 0.492 e. The fourth-order valence-corrected chi connectivity index (χ4v) is 2.08. The first-order chi connectivity index (χ1) is 9.29. The first-order valence-electron chi connectivity index (χ1n) is 6.88. The zero-order chi connectivity index (χ0) is 13.5. The van der Waals surface area contributed by atoms with Gasteiger partial charge in [0.15, 0.2) is 0 Å². The van der Waals surface area contributed by atoms with E-state index in [1.807, 2.05) is 30.3 Å². The minimum Gasteiger partial charge on any atom is -0.492 e. The lowest BCUT2D eigenvalue weighted by Crippen LogP contribution is -2.09. The number of aromatic nitrogens is 1. The van der Waals surface area contributed by atoms with Crippen LogP contribution in [0.5, 0.6) is 5.75 Å². The van der Waals surface area contributed by atoms with Gasteiger partial charge in [0.25, 0.3) is 0 Å². The van der Waals surface area contributed by atoms with E-state index >= 15 is 0 Å². The van der Waals surface area contributed by atoms with Gasteiger partial charge in [-0.05, 0) is 30.2 Å². The fraction of sp³-hybridized carbons (Fsp3) is 0.375. The molecule has 1 heterocycles. The smallest absolute Gasteiger partial charge is 0.119 e. The molecule has 0 bridgehead atoms. The van der Waals surface area contributed by atoms with Gasteiger partial charge in [-0.2, -0.15) is 0 Å². The molecule has 2 rings (SSSR count). The summed E-state index contributed by atoms with van der Waals surface area (Å²) in [5.41, 5.74) is 7.30. The second-order valence-corrected chi connectivity index (χ2v) is 4.74. The quantitative estimate of drug-likeness (QED) is 0.827. The molecule has 0 saturated heterocycles. The zero-order valence-electron chi connectivity index (χ0n) is 11.5. The van der Waals surface area contributed by atoms with Crippen molar-refractivity contribution in [3.05, 3.63) is 54.4 Å². The van der Waals surface area contributed by atoms with E-state index in [0.29, 0.717) is 6.61 Å². The normalized spacial score (nSPS) is 12.3. The van der Waals surface area contributed by atoms with E-state index in [1.165, 1.54) is 5.56 Å². The molecule has 0 spiro atoms. The number of nitrogens with zero attached hydrogens (tertiary/aromatic N) is 1. The number of nitrogens with two attached hydrogens (primary N) is 1. The van der Waals surface area contributed by atoms with Crippen molar-refractivity contribution in [2.45, 2.75) is 32.4 Å². The average molecular weight is 258 g/mol. The molecule has 1 aromatic carbocycles. The minimum absolute atomic E-state index is 0.154. The maximum atomic E-state index is 6.09. The first kappa shape index (κ1) is 13.7. The van der Waals surface area contributed by atoms with Crippen LogP contribution in [0.25, 0.3) is 0 Å². The van der Waals surface area contributed by atoms with Crippen molar-refractivity contribution in [2.75, 3.05) is 6.61 Å². The highest BCUT2D eigenvalue weighted by Gasteiger charge is 2.06. The van der Waals surface area contributed by atoms with Crippen LogP contribution < -0.4 is 10.5 Å². The molecule has 0 amide bonds. The SMILES string of the molecule is CCCC(N)c1ccn(CCOc2ccccc2)c1. The molecule has 1 unspecified atom stereocenters. The summed E-state index contributed by atoms with van der Waals surface area (Å²) < 4.78 is 7.81. The van der Waals surface area contributed by atoms with Crippen molar-refractivity contribution in [1.29, 1.82) is 0 Å². The Kier molecular flexibility index (Phi) is 5.04. The summed E-state index contributed by atoms with van der Waals surface area (Å²) in [5.74, 6) is 0.914. The number of hydrogen-bond donors (Lipinski definition) is 1. The van der Waals surface area contributed by atoms with Crippen LogP contribution in [0.1, 0.15) is 31.4 Å². The lowest BCUT2D eigenvalue weighted by atomic mass is 10.1. The van der Waals surface area contributed by atoms with E-state index in [9.17, 15) is 0 Å². The molecule has 0 fully saturated rings. The molecule has 1 aromatic heterocycles. The average Bonchev–Trinajstić information content (AvgIpc) is 2.89. The molecule has 3 heteroatoms. The van der Waals surface area contributed by atoms with Crippen molar-refractivity contribution in [3.8, 4) is 5.75 Å². The third-order valence-corrected chi connectivity index (χ3v) is 3.16. The monoisotopic (exact) mass is 258 g/mol. The summed E-state index contributed by atoms with van der Waals surface area (Å²) in [6, 6.07) is 12.1. The van der Waals surface area contributed by atoms with Gasteiger partial charge in [0, 0.05) is 18.4 Å². The molecular weight excluding hydrogens is 236 g/mol. The first-order valence-corrected chi connectivity index (χ1v) is 6.88. The summed E-state index contributed by atoms with van der Waals surface area (Å²) in [5, 5.41) is 0. The Bertz CT molecular complexity index is 479. The van der Waals surface area contributed by atoms with Gasteiger partial charge in [-0.1, -0.05) is 31.5 Å². The van der Waals surface area contributed by atoms with Crippen LogP contribution in [0, 0.1) is 0 Å².